The van der Waals surface area contributed by atoms with Gasteiger partial charge in [0.2, 0.25) is 5.91 Å². The average molecular weight is 605 g/mol. The highest BCUT2D eigenvalue weighted by Gasteiger charge is 2.67. The molecule has 2 aliphatic heterocycles. The highest BCUT2D eigenvalue weighted by molar-refractivity contribution is 8.00. The molecule has 3 atom stereocenters. The Hall–Kier alpha value is -4.28. The van der Waals surface area contributed by atoms with Gasteiger partial charge in [0, 0.05) is 43.7 Å². The fraction of sp³-hybridized carbons (Fsp3) is 0.423. The second-order valence-corrected chi connectivity index (χ2v) is 11.1. The number of ether oxygens (including phenoxy) is 2. The van der Waals surface area contributed by atoms with Gasteiger partial charge in [-0.3, -0.25) is 28.9 Å². The van der Waals surface area contributed by atoms with Crippen molar-refractivity contribution in [3.05, 3.63) is 46.7 Å². The quantitative estimate of drug-likeness (QED) is 0.153. The number of nitrogens with two attached hydrogens (primary N) is 1. The number of hydrogen-bond donors (Lipinski definition) is 4. The lowest BCUT2D eigenvalue weighted by Gasteiger charge is -2.55. The molecule has 1 aromatic carbocycles. The summed E-state index contributed by atoms with van der Waals surface area (Å²) < 4.78 is 10.4. The number of Topliss-reactive ketones (excluding diaryl/α,β-unsaturated/α-hetero) is 2. The number of β-lactam (4-membered cyclic amide) rings is 1. The van der Waals surface area contributed by atoms with E-state index in [9.17, 15) is 43.8 Å². The fourth-order valence-corrected chi connectivity index (χ4v) is 6.50. The number of nitrogens with zero attached hydrogens (tertiary/aromatic N) is 2. The standard InChI is InChI=1S/C26H28N4O11S/c1-29(2)24(39)41-10-12-11-42-22-26(40-3,21(36)30(22)16(12)20(34)35)28-19(33)15(27)8-9-25(23(37)38)17(31)13-6-4-5-7-14(13)18(25)32/h4-7,15,22H,8-11,27H2,1-3H3,(H,28,33)(H,34,35)(H,37,38)/t15?,22-,26-/m0/s1. The van der Waals surface area contributed by atoms with Crippen LogP contribution in [0.5, 0.6) is 0 Å². The van der Waals surface area contributed by atoms with Crippen molar-refractivity contribution in [2.24, 2.45) is 11.1 Å². The molecule has 224 valence electrons. The zero-order chi connectivity index (χ0) is 31.1. The summed E-state index contributed by atoms with van der Waals surface area (Å²) in [7, 11) is 4.03. The Balaban J connectivity index is 1.49. The molecule has 15 nitrogen and oxygen atoms in total. The predicted molar refractivity (Wildman–Crippen MR) is 143 cm³/mol. The SMILES string of the molecule is CO[C@@]1(NC(=O)C(N)CCC2(C(=O)O)C(=O)c3ccccc3C2=O)C(=O)N2C(C(=O)O)=C(COC(=O)N(C)C)CS[C@H]21. The average Bonchev–Trinajstić information content (AvgIpc) is 3.18. The lowest BCUT2D eigenvalue weighted by molar-refractivity contribution is -0.192. The first kappa shape index (κ1) is 30.7. The molecule has 0 aromatic heterocycles. The third-order valence-corrected chi connectivity index (χ3v) is 8.78. The largest absolute Gasteiger partial charge is 0.480 e. The minimum Gasteiger partial charge on any atom is -0.480 e. The number of carboxylic acids is 2. The summed E-state index contributed by atoms with van der Waals surface area (Å²) in [5, 5.41) is 21.1. The Kier molecular flexibility index (Phi) is 8.17. The second kappa shape index (κ2) is 11.2. The van der Waals surface area contributed by atoms with Gasteiger partial charge in [0.25, 0.3) is 11.6 Å². The third kappa shape index (κ3) is 4.60. The number of hydrogen-bond acceptors (Lipinski definition) is 11. The predicted octanol–water partition coefficient (Wildman–Crippen LogP) is -0.345. The molecule has 3 aliphatic rings. The van der Waals surface area contributed by atoms with Gasteiger partial charge in [0.1, 0.15) is 17.7 Å². The molecule has 0 bridgehead atoms. The van der Waals surface area contributed by atoms with Crippen LogP contribution in [-0.2, 0) is 28.7 Å². The van der Waals surface area contributed by atoms with E-state index < -0.39 is 82.5 Å². The fourth-order valence-electron chi connectivity index (χ4n) is 5.08. The molecule has 1 fully saturated rings. The molecule has 42 heavy (non-hydrogen) atoms. The van der Waals surface area contributed by atoms with Gasteiger partial charge in [0.05, 0.1) is 6.04 Å². The van der Waals surface area contributed by atoms with E-state index in [2.05, 4.69) is 5.32 Å². The zero-order valence-corrected chi connectivity index (χ0v) is 23.6. The van der Waals surface area contributed by atoms with Gasteiger partial charge in [-0.25, -0.2) is 9.59 Å². The number of thioether (sulfide) groups is 1. The molecule has 0 saturated carbocycles. The number of benzene rings is 1. The van der Waals surface area contributed by atoms with Crippen molar-refractivity contribution >= 4 is 53.2 Å². The summed E-state index contributed by atoms with van der Waals surface area (Å²) in [4.78, 5) is 90.6. The minimum atomic E-state index is -2.45. The van der Waals surface area contributed by atoms with Crippen LogP contribution in [0.4, 0.5) is 4.79 Å². The van der Waals surface area contributed by atoms with E-state index in [0.29, 0.717) is 0 Å². The molecule has 1 aromatic rings. The highest BCUT2D eigenvalue weighted by atomic mass is 32.2. The van der Waals surface area contributed by atoms with Crippen LogP contribution in [-0.4, -0.2) is 112 Å². The van der Waals surface area contributed by atoms with E-state index in [-0.39, 0.29) is 29.1 Å². The van der Waals surface area contributed by atoms with Gasteiger partial charge in [-0.05, 0) is 12.8 Å². The number of fused-ring (bicyclic) bond motifs is 2. The van der Waals surface area contributed by atoms with E-state index in [1.165, 1.54) is 38.4 Å². The van der Waals surface area contributed by atoms with E-state index in [0.717, 1.165) is 28.7 Å². The van der Waals surface area contributed by atoms with E-state index in [1.807, 2.05) is 0 Å². The van der Waals surface area contributed by atoms with Crippen molar-refractivity contribution in [3.63, 3.8) is 0 Å². The summed E-state index contributed by atoms with van der Waals surface area (Å²) in [6.07, 6.45) is -1.71. The van der Waals surface area contributed by atoms with Crippen molar-refractivity contribution in [3.8, 4) is 0 Å². The van der Waals surface area contributed by atoms with Gasteiger partial charge in [-0.2, -0.15) is 0 Å². The van der Waals surface area contributed by atoms with Crippen LogP contribution in [0.1, 0.15) is 33.6 Å². The Morgan fingerprint density at radius 2 is 1.74 bits per heavy atom. The van der Waals surface area contributed by atoms with E-state index in [1.54, 1.807) is 0 Å². The normalized spacial score (nSPS) is 23.0. The Morgan fingerprint density at radius 3 is 2.24 bits per heavy atom. The number of rotatable bonds is 10. The first-order chi connectivity index (χ1) is 19.7. The van der Waals surface area contributed by atoms with Crippen LogP contribution in [0.15, 0.2) is 35.5 Å². The van der Waals surface area contributed by atoms with Gasteiger partial charge >= 0.3 is 18.0 Å². The topological polar surface area (TPSA) is 223 Å². The highest BCUT2D eigenvalue weighted by Crippen LogP contribution is 2.47. The van der Waals surface area contributed by atoms with Crippen molar-refractivity contribution in [1.29, 1.82) is 0 Å². The molecule has 0 radical (unpaired) electrons. The summed E-state index contributed by atoms with van der Waals surface area (Å²) in [5.41, 5.74) is 1.24. The Labute approximate surface area is 243 Å². The smallest absolute Gasteiger partial charge is 0.409 e. The molecule has 3 amide bonds. The molecule has 4 rings (SSSR count). The number of methoxy groups -OCH3 is 1. The first-order valence-corrected chi connectivity index (χ1v) is 13.6. The molecule has 1 unspecified atom stereocenters. The van der Waals surface area contributed by atoms with E-state index >= 15 is 0 Å². The van der Waals surface area contributed by atoms with Crippen LogP contribution in [0.3, 0.4) is 0 Å². The van der Waals surface area contributed by atoms with Crippen LogP contribution in [0.2, 0.25) is 0 Å². The number of nitrogens with one attached hydrogen (secondary N) is 1. The molecular formula is C26H28N4O11S. The van der Waals surface area contributed by atoms with Crippen LogP contribution in [0.25, 0.3) is 0 Å². The lowest BCUT2D eigenvalue weighted by Crippen LogP contribution is -2.81. The number of amides is 3. The van der Waals surface area contributed by atoms with Crippen LogP contribution < -0.4 is 11.1 Å². The first-order valence-electron chi connectivity index (χ1n) is 12.5. The minimum absolute atomic E-state index is 0.0235. The van der Waals surface area contributed by atoms with E-state index in [4.69, 9.17) is 15.2 Å². The molecule has 16 heteroatoms. The third-order valence-electron chi connectivity index (χ3n) is 7.40. The van der Waals surface area contributed by atoms with Gasteiger partial charge in [-0.1, -0.05) is 24.3 Å². The summed E-state index contributed by atoms with van der Waals surface area (Å²) in [5.74, 6) is -6.78. The number of carbonyl (C=O) groups is 7. The lowest BCUT2D eigenvalue weighted by atomic mass is 9.77. The van der Waals surface area contributed by atoms with Gasteiger partial charge < -0.3 is 35.6 Å². The molecule has 0 spiro atoms. The van der Waals surface area contributed by atoms with Crippen molar-refractivity contribution in [2.45, 2.75) is 30.0 Å². The molecule has 1 saturated heterocycles. The molecule has 1 aliphatic carbocycles. The van der Waals surface area contributed by atoms with Crippen LogP contribution >= 0.6 is 11.8 Å². The number of carboxylic acid groups (broad SMARTS) is 2. The summed E-state index contributed by atoms with van der Waals surface area (Å²) in [6, 6.07) is 4.23. The number of ketones is 2. The van der Waals surface area contributed by atoms with Crippen LogP contribution in [0, 0.1) is 5.41 Å². The molecule has 5 N–H and O–H groups in total. The summed E-state index contributed by atoms with van der Waals surface area (Å²) >= 11 is 1.05. The molecular weight excluding hydrogens is 576 g/mol. The Bertz CT molecular complexity index is 1410. The maximum Gasteiger partial charge on any atom is 0.409 e. The summed E-state index contributed by atoms with van der Waals surface area (Å²) in [6.45, 7) is -0.383. The number of carbonyl (C=O) groups excluding carboxylic acids is 5. The van der Waals surface area contributed by atoms with Gasteiger partial charge in [-0.15, -0.1) is 11.8 Å². The number of aliphatic carboxylic acids is 2. The maximum atomic E-state index is 13.3. The van der Waals surface area contributed by atoms with Gasteiger partial charge in [0.15, 0.2) is 17.0 Å². The van der Waals surface area contributed by atoms with Crippen molar-refractivity contribution in [2.75, 3.05) is 33.6 Å². The zero-order valence-electron chi connectivity index (χ0n) is 22.7. The molecule has 2 heterocycles. The Morgan fingerprint density at radius 1 is 1.14 bits per heavy atom. The maximum absolute atomic E-state index is 13.3. The van der Waals surface area contributed by atoms with Crippen molar-refractivity contribution < 1.29 is 53.2 Å². The van der Waals surface area contributed by atoms with Crippen molar-refractivity contribution in [1.82, 2.24) is 15.1 Å². The monoisotopic (exact) mass is 604 g/mol. The second-order valence-electron chi connectivity index (χ2n) is 10.0.